The molecule has 0 saturated carbocycles. The van der Waals surface area contributed by atoms with E-state index in [1.54, 1.807) is 7.11 Å². The topological polar surface area (TPSA) is 57.7 Å². The number of ether oxygens (including phenoxy) is 1. The Morgan fingerprint density at radius 3 is 3.05 bits per heavy atom. The van der Waals surface area contributed by atoms with Crippen LogP contribution in [0.25, 0.3) is 0 Å². The number of aromatic nitrogens is 1. The molecule has 124 valence electrons. The molecule has 2 heterocycles. The highest BCUT2D eigenvalue weighted by Crippen LogP contribution is 2.19. The van der Waals surface area contributed by atoms with E-state index in [0.29, 0.717) is 11.2 Å². The number of nitrogens with zero attached hydrogens (tertiary/aromatic N) is 3. The summed E-state index contributed by atoms with van der Waals surface area (Å²) in [6, 6.07) is 0.581. The molecule has 1 aromatic heterocycles. The molecule has 1 aliphatic rings. The molecular weight excluding hydrogens is 300 g/mol. The van der Waals surface area contributed by atoms with Crippen molar-refractivity contribution in [1.29, 1.82) is 0 Å². The normalized spacial score (nSPS) is 20.2. The second kappa shape index (κ2) is 8.57. The van der Waals surface area contributed by atoms with Gasteiger partial charge in [-0.2, -0.15) is 0 Å². The molecular formula is C15H26N4O2S. The lowest BCUT2D eigenvalue weighted by atomic mass is 10.1. The predicted molar refractivity (Wildman–Crippen MR) is 89.2 cm³/mol. The van der Waals surface area contributed by atoms with Gasteiger partial charge < -0.3 is 10.1 Å². The summed E-state index contributed by atoms with van der Waals surface area (Å²) >= 11 is 1.49. The standard InChI is InChI=1S/C15H26N4O2S/c1-4-14-10-18(5-6-19(14)7-8-21-3)9-13-11-22-15(17-13)16-12(2)20/h11,14H,4-10H2,1-3H3,(H,16,17,20). The third-order valence-electron chi connectivity index (χ3n) is 3.96. The fraction of sp³-hybridized carbons (Fsp3) is 0.733. The van der Waals surface area contributed by atoms with Gasteiger partial charge in [0.1, 0.15) is 0 Å². The SMILES string of the molecule is CCC1CN(Cc2csc(NC(C)=O)n2)CCN1CCOC. The first-order valence-electron chi connectivity index (χ1n) is 7.79. The third kappa shape index (κ3) is 5.01. The lowest BCUT2D eigenvalue weighted by Gasteiger charge is -2.40. The van der Waals surface area contributed by atoms with Gasteiger partial charge in [-0.25, -0.2) is 4.98 Å². The first kappa shape index (κ1) is 17.3. The van der Waals surface area contributed by atoms with Crippen molar-refractivity contribution in [2.45, 2.75) is 32.9 Å². The number of methoxy groups -OCH3 is 1. The number of carbonyl (C=O) groups is 1. The highest BCUT2D eigenvalue weighted by atomic mass is 32.1. The van der Waals surface area contributed by atoms with E-state index >= 15 is 0 Å². The average Bonchev–Trinajstić information content (AvgIpc) is 2.92. The van der Waals surface area contributed by atoms with Gasteiger partial charge in [-0.15, -0.1) is 11.3 Å². The highest BCUT2D eigenvalue weighted by Gasteiger charge is 2.25. The van der Waals surface area contributed by atoms with Crippen LogP contribution in [0.4, 0.5) is 5.13 Å². The van der Waals surface area contributed by atoms with Gasteiger partial charge in [-0.1, -0.05) is 6.92 Å². The van der Waals surface area contributed by atoms with Crippen molar-refractivity contribution in [2.24, 2.45) is 0 Å². The Labute approximate surface area is 136 Å². The van der Waals surface area contributed by atoms with Gasteiger partial charge in [-0.05, 0) is 6.42 Å². The third-order valence-corrected chi connectivity index (χ3v) is 4.77. The van der Waals surface area contributed by atoms with Crippen LogP contribution in [0.5, 0.6) is 0 Å². The Hall–Kier alpha value is -1.02. The van der Waals surface area contributed by atoms with E-state index in [1.807, 2.05) is 5.38 Å². The fourth-order valence-electron chi connectivity index (χ4n) is 2.81. The number of thiazole rings is 1. The van der Waals surface area contributed by atoms with Crippen molar-refractivity contribution in [1.82, 2.24) is 14.8 Å². The molecule has 0 radical (unpaired) electrons. The van der Waals surface area contributed by atoms with E-state index < -0.39 is 0 Å². The molecule has 22 heavy (non-hydrogen) atoms. The highest BCUT2D eigenvalue weighted by molar-refractivity contribution is 7.13. The number of nitrogens with one attached hydrogen (secondary N) is 1. The predicted octanol–water partition coefficient (Wildman–Crippen LogP) is 1.64. The van der Waals surface area contributed by atoms with Gasteiger partial charge in [0.05, 0.1) is 12.3 Å². The summed E-state index contributed by atoms with van der Waals surface area (Å²) in [7, 11) is 1.76. The Morgan fingerprint density at radius 1 is 1.55 bits per heavy atom. The minimum Gasteiger partial charge on any atom is -0.383 e. The van der Waals surface area contributed by atoms with Crippen LogP contribution in [0, 0.1) is 0 Å². The van der Waals surface area contributed by atoms with Crippen molar-refractivity contribution in [3.63, 3.8) is 0 Å². The minimum atomic E-state index is -0.0706. The van der Waals surface area contributed by atoms with Crippen molar-refractivity contribution >= 4 is 22.4 Å². The van der Waals surface area contributed by atoms with E-state index in [4.69, 9.17) is 4.74 Å². The van der Waals surface area contributed by atoms with Crippen LogP contribution in [0.1, 0.15) is 26.0 Å². The van der Waals surface area contributed by atoms with Gasteiger partial charge in [0.25, 0.3) is 0 Å². The van der Waals surface area contributed by atoms with Crippen LogP contribution in [0.2, 0.25) is 0 Å². The molecule has 0 spiro atoms. The van der Waals surface area contributed by atoms with E-state index in [9.17, 15) is 4.79 Å². The molecule has 1 amide bonds. The minimum absolute atomic E-state index is 0.0706. The lowest BCUT2D eigenvalue weighted by molar-refractivity contribution is -0.114. The molecule has 0 aromatic carbocycles. The maximum atomic E-state index is 11.0. The smallest absolute Gasteiger partial charge is 0.223 e. The summed E-state index contributed by atoms with van der Waals surface area (Å²) in [5.41, 5.74) is 1.04. The Kier molecular flexibility index (Phi) is 6.75. The molecule has 1 unspecified atom stereocenters. The molecule has 1 aliphatic heterocycles. The maximum Gasteiger partial charge on any atom is 0.223 e. The summed E-state index contributed by atoms with van der Waals surface area (Å²) in [6.07, 6.45) is 1.15. The van der Waals surface area contributed by atoms with Gasteiger partial charge in [0, 0.05) is 58.2 Å². The van der Waals surface area contributed by atoms with Gasteiger partial charge in [0.15, 0.2) is 5.13 Å². The number of hydrogen-bond donors (Lipinski definition) is 1. The first-order valence-corrected chi connectivity index (χ1v) is 8.67. The van der Waals surface area contributed by atoms with Gasteiger partial charge in [-0.3, -0.25) is 14.6 Å². The van der Waals surface area contributed by atoms with Crippen LogP contribution in [-0.4, -0.2) is 66.6 Å². The van der Waals surface area contributed by atoms with E-state index in [1.165, 1.54) is 18.3 Å². The summed E-state index contributed by atoms with van der Waals surface area (Å²) in [4.78, 5) is 20.5. The maximum absolute atomic E-state index is 11.0. The van der Waals surface area contributed by atoms with Crippen LogP contribution < -0.4 is 5.32 Å². The monoisotopic (exact) mass is 326 g/mol. The molecule has 2 rings (SSSR count). The quantitative estimate of drug-likeness (QED) is 0.825. The van der Waals surface area contributed by atoms with Gasteiger partial charge >= 0.3 is 0 Å². The van der Waals surface area contributed by atoms with Crippen molar-refractivity contribution in [2.75, 3.05) is 45.2 Å². The molecule has 0 bridgehead atoms. The van der Waals surface area contributed by atoms with E-state index in [-0.39, 0.29) is 5.91 Å². The Morgan fingerprint density at radius 2 is 2.36 bits per heavy atom. The summed E-state index contributed by atoms with van der Waals surface area (Å²) < 4.78 is 5.20. The molecule has 6 nitrogen and oxygen atoms in total. The number of carbonyl (C=O) groups excluding carboxylic acids is 1. The van der Waals surface area contributed by atoms with Gasteiger partial charge in [0.2, 0.25) is 5.91 Å². The van der Waals surface area contributed by atoms with E-state index in [2.05, 4.69) is 27.0 Å². The first-order chi connectivity index (χ1) is 10.6. The molecule has 1 atom stereocenters. The number of piperazine rings is 1. The number of rotatable bonds is 7. The summed E-state index contributed by atoms with van der Waals surface area (Å²) in [5, 5.41) is 5.46. The van der Waals surface area contributed by atoms with Crippen molar-refractivity contribution in [3.8, 4) is 0 Å². The average molecular weight is 326 g/mol. The van der Waals surface area contributed by atoms with Crippen LogP contribution in [0.3, 0.4) is 0 Å². The molecule has 1 aromatic rings. The fourth-order valence-corrected chi connectivity index (χ4v) is 3.56. The Bertz CT molecular complexity index is 480. The Balaban J connectivity index is 1.86. The second-order valence-corrected chi connectivity index (χ2v) is 6.51. The second-order valence-electron chi connectivity index (χ2n) is 5.65. The molecule has 0 aliphatic carbocycles. The molecule has 1 N–H and O–H groups in total. The number of amides is 1. The van der Waals surface area contributed by atoms with Crippen molar-refractivity contribution in [3.05, 3.63) is 11.1 Å². The van der Waals surface area contributed by atoms with Crippen LogP contribution in [-0.2, 0) is 16.1 Å². The van der Waals surface area contributed by atoms with Crippen molar-refractivity contribution < 1.29 is 9.53 Å². The zero-order valence-corrected chi connectivity index (χ0v) is 14.5. The van der Waals surface area contributed by atoms with E-state index in [0.717, 1.165) is 51.4 Å². The van der Waals surface area contributed by atoms with Crippen LogP contribution in [0.15, 0.2) is 5.38 Å². The zero-order valence-electron chi connectivity index (χ0n) is 13.7. The molecule has 1 fully saturated rings. The number of anilines is 1. The summed E-state index contributed by atoms with van der Waals surface area (Å²) in [5.74, 6) is -0.0706. The van der Waals surface area contributed by atoms with Crippen LogP contribution >= 0.6 is 11.3 Å². The zero-order chi connectivity index (χ0) is 15.9. The number of hydrogen-bond acceptors (Lipinski definition) is 6. The largest absolute Gasteiger partial charge is 0.383 e. The molecule has 7 heteroatoms. The lowest BCUT2D eigenvalue weighted by Crippen LogP contribution is -2.53. The molecule has 1 saturated heterocycles. The summed E-state index contributed by atoms with van der Waals surface area (Å²) in [6.45, 7) is 9.59.